The van der Waals surface area contributed by atoms with Crippen molar-refractivity contribution < 1.29 is 9.13 Å². The monoisotopic (exact) mass is 398 g/mol. The van der Waals surface area contributed by atoms with Gasteiger partial charge in [-0.2, -0.15) is 0 Å². The number of ether oxygens (including phenoxy) is 1. The predicted octanol–water partition coefficient (Wildman–Crippen LogP) is 3.54. The Labute approximate surface area is 169 Å². The standard InChI is InChI=1S/C22H27FN4O2/c1-14(2)22(24-13-16-5-3-4-6-17(16)23)19-12-21(28)27-20(25-19)11-18(26-27)15-7-9-29-10-8-15/h3-6,11-12,14-15,22,24,26H,7-10,13H2,1-2H3/t22-/m0/s1. The zero-order valence-electron chi connectivity index (χ0n) is 16.8. The number of benzene rings is 1. The highest BCUT2D eigenvalue weighted by atomic mass is 19.1. The molecule has 0 bridgehead atoms. The van der Waals surface area contributed by atoms with Crippen LogP contribution in [0.25, 0.3) is 5.65 Å². The third-order valence-corrected chi connectivity index (χ3v) is 5.61. The highest BCUT2D eigenvalue weighted by Crippen LogP contribution is 2.27. The fraction of sp³-hybridized carbons (Fsp3) is 0.455. The van der Waals surface area contributed by atoms with E-state index in [9.17, 15) is 9.18 Å². The van der Waals surface area contributed by atoms with Gasteiger partial charge in [0.2, 0.25) is 0 Å². The highest BCUT2D eigenvalue weighted by molar-refractivity contribution is 5.41. The molecule has 1 atom stereocenters. The molecular weight excluding hydrogens is 371 g/mol. The lowest BCUT2D eigenvalue weighted by atomic mass is 9.97. The second-order valence-electron chi connectivity index (χ2n) is 8.00. The van der Waals surface area contributed by atoms with Crippen molar-refractivity contribution in [2.75, 3.05) is 13.2 Å². The third kappa shape index (κ3) is 4.26. The first-order chi connectivity index (χ1) is 14.0. The van der Waals surface area contributed by atoms with Crippen molar-refractivity contribution in [3.05, 3.63) is 69.5 Å². The maximum absolute atomic E-state index is 14.0. The number of nitrogens with zero attached hydrogens (tertiary/aromatic N) is 2. The molecular formula is C22H27FN4O2. The summed E-state index contributed by atoms with van der Waals surface area (Å²) in [6.07, 6.45) is 1.88. The van der Waals surface area contributed by atoms with E-state index in [0.717, 1.165) is 31.7 Å². The van der Waals surface area contributed by atoms with Crippen LogP contribution in [0, 0.1) is 11.7 Å². The predicted molar refractivity (Wildman–Crippen MR) is 109 cm³/mol. The Morgan fingerprint density at radius 1 is 1.28 bits per heavy atom. The van der Waals surface area contributed by atoms with E-state index in [2.05, 4.69) is 24.3 Å². The van der Waals surface area contributed by atoms with E-state index >= 15 is 0 Å². The van der Waals surface area contributed by atoms with E-state index in [0.29, 0.717) is 29.4 Å². The summed E-state index contributed by atoms with van der Waals surface area (Å²) in [5, 5.41) is 6.59. The molecule has 3 heterocycles. The SMILES string of the molecule is CC(C)[C@H](NCc1ccccc1F)c1cc(=O)n2[nH]c(C3CCOCC3)cc2n1. The molecule has 1 aromatic carbocycles. The van der Waals surface area contributed by atoms with Crippen molar-refractivity contribution in [3.63, 3.8) is 0 Å². The number of hydrogen-bond donors (Lipinski definition) is 2. The van der Waals surface area contributed by atoms with Gasteiger partial charge in [-0.15, -0.1) is 0 Å². The first-order valence-corrected chi connectivity index (χ1v) is 10.2. The van der Waals surface area contributed by atoms with Crippen LogP contribution in [0.3, 0.4) is 0 Å². The third-order valence-electron chi connectivity index (χ3n) is 5.61. The molecule has 6 nitrogen and oxygen atoms in total. The number of hydrogen-bond acceptors (Lipinski definition) is 4. The second kappa shape index (κ2) is 8.47. The Hall–Kier alpha value is -2.51. The van der Waals surface area contributed by atoms with Gasteiger partial charge >= 0.3 is 0 Å². The van der Waals surface area contributed by atoms with Gasteiger partial charge in [0.25, 0.3) is 5.56 Å². The van der Waals surface area contributed by atoms with Crippen LogP contribution in [-0.4, -0.2) is 27.8 Å². The molecule has 2 N–H and O–H groups in total. The second-order valence-corrected chi connectivity index (χ2v) is 8.00. The minimum absolute atomic E-state index is 0.137. The van der Waals surface area contributed by atoms with Crippen molar-refractivity contribution in [3.8, 4) is 0 Å². The summed E-state index contributed by atoms with van der Waals surface area (Å²) in [4.78, 5) is 17.5. The molecule has 29 heavy (non-hydrogen) atoms. The average molecular weight is 398 g/mol. The smallest absolute Gasteiger partial charge is 0.272 e. The number of nitrogens with one attached hydrogen (secondary N) is 2. The van der Waals surface area contributed by atoms with Crippen molar-refractivity contribution in [2.24, 2.45) is 5.92 Å². The van der Waals surface area contributed by atoms with Crippen molar-refractivity contribution in [2.45, 2.75) is 45.2 Å². The zero-order chi connectivity index (χ0) is 20.4. The number of aromatic amines is 1. The van der Waals surface area contributed by atoms with Gasteiger partial charge in [-0.3, -0.25) is 9.89 Å². The van der Waals surface area contributed by atoms with Gasteiger partial charge in [0.1, 0.15) is 5.82 Å². The molecule has 0 saturated carbocycles. The number of halogens is 1. The molecule has 1 aliphatic heterocycles. The molecule has 0 spiro atoms. The normalized spacial score (nSPS) is 16.6. The van der Waals surface area contributed by atoms with Gasteiger partial charge in [0.05, 0.1) is 11.7 Å². The maximum Gasteiger partial charge on any atom is 0.272 e. The molecule has 0 unspecified atom stereocenters. The molecule has 2 aromatic heterocycles. The van der Waals surface area contributed by atoms with Gasteiger partial charge in [-0.1, -0.05) is 32.0 Å². The Morgan fingerprint density at radius 2 is 2.03 bits per heavy atom. The number of aromatic nitrogens is 3. The van der Waals surface area contributed by atoms with Crippen LogP contribution in [0.15, 0.2) is 41.2 Å². The molecule has 4 rings (SSSR count). The minimum Gasteiger partial charge on any atom is -0.381 e. The number of H-pyrrole nitrogens is 1. The van der Waals surface area contributed by atoms with Crippen molar-refractivity contribution in [1.29, 1.82) is 0 Å². The van der Waals surface area contributed by atoms with E-state index in [1.807, 2.05) is 12.1 Å². The molecule has 0 aliphatic carbocycles. The van der Waals surface area contributed by atoms with Crippen LogP contribution in [0.5, 0.6) is 0 Å². The van der Waals surface area contributed by atoms with Crippen LogP contribution in [-0.2, 0) is 11.3 Å². The Morgan fingerprint density at radius 3 is 2.76 bits per heavy atom. The van der Waals surface area contributed by atoms with Crippen molar-refractivity contribution in [1.82, 2.24) is 19.9 Å². The van der Waals surface area contributed by atoms with Gasteiger partial charge in [-0.25, -0.2) is 13.9 Å². The minimum atomic E-state index is -0.238. The molecule has 1 saturated heterocycles. The molecule has 3 aromatic rings. The highest BCUT2D eigenvalue weighted by Gasteiger charge is 2.22. The summed E-state index contributed by atoms with van der Waals surface area (Å²) in [7, 11) is 0. The van der Waals surface area contributed by atoms with E-state index in [4.69, 9.17) is 9.72 Å². The van der Waals surface area contributed by atoms with E-state index in [1.54, 1.807) is 18.2 Å². The Balaban J connectivity index is 1.61. The van der Waals surface area contributed by atoms with Crippen molar-refractivity contribution >= 4 is 5.65 Å². The van der Waals surface area contributed by atoms with E-state index in [-0.39, 0.29) is 23.3 Å². The van der Waals surface area contributed by atoms with Crippen LogP contribution in [0.2, 0.25) is 0 Å². The Kier molecular flexibility index (Phi) is 5.78. The molecule has 1 aliphatic rings. The lowest BCUT2D eigenvalue weighted by Crippen LogP contribution is -2.29. The number of fused-ring (bicyclic) bond motifs is 1. The van der Waals surface area contributed by atoms with E-state index < -0.39 is 0 Å². The van der Waals surface area contributed by atoms with Crippen LogP contribution in [0.1, 0.15) is 55.6 Å². The fourth-order valence-electron chi connectivity index (χ4n) is 3.95. The first kappa shape index (κ1) is 19.8. The lowest BCUT2D eigenvalue weighted by Gasteiger charge is -2.22. The average Bonchev–Trinajstić information content (AvgIpc) is 3.15. The quantitative estimate of drug-likeness (QED) is 0.666. The summed E-state index contributed by atoms with van der Waals surface area (Å²) in [5.41, 5.74) is 2.78. The summed E-state index contributed by atoms with van der Waals surface area (Å²) >= 11 is 0. The molecule has 0 radical (unpaired) electrons. The lowest BCUT2D eigenvalue weighted by molar-refractivity contribution is 0.0844. The first-order valence-electron chi connectivity index (χ1n) is 10.2. The molecule has 154 valence electrons. The fourth-order valence-corrected chi connectivity index (χ4v) is 3.95. The van der Waals surface area contributed by atoms with Gasteiger partial charge in [-0.05, 0) is 24.8 Å². The van der Waals surface area contributed by atoms with E-state index in [1.165, 1.54) is 10.6 Å². The summed E-state index contributed by atoms with van der Waals surface area (Å²) in [6.45, 7) is 5.98. The largest absolute Gasteiger partial charge is 0.381 e. The summed E-state index contributed by atoms with van der Waals surface area (Å²) in [6, 6.07) is 10.1. The molecule has 7 heteroatoms. The zero-order valence-corrected chi connectivity index (χ0v) is 16.8. The molecule has 1 fully saturated rings. The van der Waals surface area contributed by atoms with Gasteiger partial charge in [0, 0.05) is 49.1 Å². The topological polar surface area (TPSA) is 71.4 Å². The van der Waals surface area contributed by atoms with Crippen LogP contribution < -0.4 is 10.9 Å². The van der Waals surface area contributed by atoms with Crippen LogP contribution in [0.4, 0.5) is 4.39 Å². The summed E-state index contributed by atoms with van der Waals surface area (Å²) in [5.74, 6) is 0.302. The van der Waals surface area contributed by atoms with Crippen LogP contribution >= 0.6 is 0 Å². The molecule has 0 amide bonds. The summed E-state index contributed by atoms with van der Waals surface area (Å²) < 4.78 is 20.9. The van der Waals surface area contributed by atoms with Gasteiger partial charge < -0.3 is 10.1 Å². The Bertz CT molecular complexity index is 1040. The number of rotatable bonds is 6. The van der Waals surface area contributed by atoms with Gasteiger partial charge in [0.15, 0.2) is 5.65 Å². The maximum atomic E-state index is 14.0.